The zero-order valence-corrected chi connectivity index (χ0v) is 9.91. The van der Waals surface area contributed by atoms with Crippen LogP contribution in [-0.4, -0.2) is 11.7 Å². The molecule has 1 rings (SSSR count). The van der Waals surface area contributed by atoms with Gasteiger partial charge in [-0.25, -0.2) is 4.79 Å². The summed E-state index contributed by atoms with van der Waals surface area (Å²) in [6, 6.07) is 6.91. The van der Waals surface area contributed by atoms with Crippen LogP contribution in [0.3, 0.4) is 0 Å². The Bertz CT molecular complexity index is 358. The molecular formula is C12H18N2O2. The van der Waals surface area contributed by atoms with Crippen LogP contribution < -0.4 is 11.1 Å². The lowest BCUT2D eigenvalue weighted by atomic mass is 10.1. The standard InChI is InChI=1S/C12H18N2O2/c1-4-12(2,3)16-11(15)14-10-7-5-9(13)6-8-10/h5-8H,4,13H2,1-3H3,(H,14,15). The second kappa shape index (κ2) is 4.88. The maximum absolute atomic E-state index is 11.5. The van der Waals surface area contributed by atoms with Crippen molar-refractivity contribution in [3.8, 4) is 0 Å². The van der Waals surface area contributed by atoms with Crippen molar-refractivity contribution < 1.29 is 9.53 Å². The molecule has 0 bridgehead atoms. The first-order valence-corrected chi connectivity index (χ1v) is 5.28. The Kier molecular flexibility index (Phi) is 3.77. The molecular weight excluding hydrogens is 204 g/mol. The van der Waals surface area contributed by atoms with Crippen molar-refractivity contribution in [1.82, 2.24) is 0 Å². The number of anilines is 2. The molecule has 0 saturated carbocycles. The van der Waals surface area contributed by atoms with Gasteiger partial charge in [0.2, 0.25) is 0 Å². The second-order valence-corrected chi connectivity index (χ2v) is 4.25. The molecule has 0 saturated heterocycles. The third-order valence-corrected chi connectivity index (χ3v) is 2.38. The Morgan fingerprint density at radius 3 is 2.44 bits per heavy atom. The number of ether oxygens (including phenoxy) is 1. The van der Waals surface area contributed by atoms with Crippen LogP contribution in [0.15, 0.2) is 24.3 Å². The fourth-order valence-corrected chi connectivity index (χ4v) is 1.03. The summed E-state index contributed by atoms with van der Waals surface area (Å²) in [5.74, 6) is 0. The van der Waals surface area contributed by atoms with Crippen LogP contribution in [0, 0.1) is 0 Å². The topological polar surface area (TPSA) is 64.3 Å². The van der Waals surface area contributed by atoms with E-state index in [4.69, 9.17) is 10.5 Å². The van der Waals surface area contributed by atoms with Crippen molar-refractivity contribution in [2.24, 2.45) is 0 Å². The summed E-state index contributed by atoms with van der Waals surface area (Å²) in [6.45, 7) is 5.71. The molecule has 1 amide bonds. The van der Waals surface area contributed by atoms with Gasteiger partial charge in [0, 0.05) is 11.4 Å². The summed E-state index contributed by atoms with van der Waals surface area (Å²) in [5, 5.41) is 2.64. The number of amides is 1. The molecule has 3 N–H and O–H groups in total. The number of benzene rings is 1. The molecule has 0 heterocycles. The number of nitrogens with one attached hydrogen (secondary N) is 1. The highest BCUT2D eigenvalue weighted by molar-refractivity contribution is 5.85. The van der Waals surface area contributed by atoms with Gasteiger partial charge in [0.05, 0.1) is 0 Å². The lowest BCUT2D eigenvalue weighted by molar-refractivity contribution is 0.0462. The van der Waals surface area contributed by atoms with Gasteiger partial charge in [0.15, 0.2) is 0 Å². The lowest BCUT2D eigenvalue weighted by Gasteiger charge is -2.23. The van der Waals surface area contributed by atoms with E-state index in [1.807, 2.05) is 20.8 Å². The van der Waals surface area contributed by atoms with Crippen molar-refractivity contribution in [1.29, 1.82) is 0 Å². The Labute approximate surface area is 95.8 Å². The number of hydrogen-bond acceptors (Lipinski definition) is 3. The molecule has 0 aliphatic carbocycles. The fraction of sp³-hybridized carbons (Fsp3) is 0.417. The first kappa shape index (κ1) is 12.4. The summed E-state index contributed by atoms with van der Waals surface area (Å²) < 4.78 is 5.24. The third kappa shape index (κ3) is 3.81. The van der Waals surface area contributed by atoms with Crippen molar-refractivity contribution in [2.45, 2.75) is 32.8 Å². The molecule has 4 heteroatoms. The molecule has 1 aromatic rings. The first-order valence-electron chi connectivity index (χ1n) is 5.28. The maximum atomic E-state index is 11.5. The van der Waals surface area contributed by atoms with Crippen LogP contribution in [0.4, 0.5) is 16.2 Å². The molecule has 0 radical (unpaired) electrons. The SMILES string of the molecule is CCC(C)(C)OC(=O)Nc1ccc(N)cc1. The predicted molar refractivity (Wildman–Crippen MR) is 65.3 cm³/mol. The van der Waals surface area contributed by atoms with Crippen molar-refractivity contribution in [3.05, 3.63) is 24.3 Å². The number of carbonyl (C=O) groups excluding carboxylic acids is 1. The van der Waals surface area contributed by atoms with E-state index in [2.05, 4.69) is 5.32 Å². The van der Waals surface area contributed by atoms with Crippen LogP contribution in [-0.2, 0) is 4.74 Å². The van der Waals surface area contributed by atoms with Crippen molar-refractivity contribution >= 4 is 17.5 Å². The largest absolute Gasteiger partial charge is 0.443 e. The predicted octanol–water partition coefficient (Wildman–Crippen LogP) is 3.01. The summed E-state index contributed by atoms with van der Waals surface area (Å²) >= 11 is 0. The van der Waals surface area contributed by atoms with Crippen LogP contribution in [0.25, 0.3) is 0 Å². The maximum Gasteiger partial charge on any atom is 0.412 e. The lowest BCUT2D eigenvalue weighted by Crippen LogP contribution is -2.29. The van der Waals surface area contributed by atoms with Crippen LogP contribution in [0.5, 0.6) is 0 Å². The second-order valence-electron chi connectivity index (χ2n) is 4.25. The minimum atomic E-state index is -0.448. The highest BCUT2D eigenvalue weighted by Crippen LogP contribution is 2.16. The normalized spacial score (nSPS) is 10.9. The number of rotatable bonds is 3. The highest BCUT2D eigenvalue weighted by atomic mass is 16.6. The molecule has 0 aliphatic heterocycles. The van der Waals surface area contributed by atoms with E-state index < -0.39 is 11.7 Å². The summed E-state index contributed by atoms with van der Waals surface area (Å²) in [6.07, 6.45) is 0.318. The van der Waals surface area contributed by atoms with E-state index in [9.17, 15) is 4.79 Å². The number of nitrogens with two attached hydrogens (primary N) is 1. The first-order chi connectivity index (χ1) is 7.43. The number of nitrogen functional groups attached to an aromatic ring is 1. The summed E-state index contributed by atoms with van der Waals surface area (Å²) in [7, 11) is 0. The van der Waals surface area contributed by atoms with E-state index >= 15 is 0 Å². The van der Waals surface area contributed by atoms with Gasteiger partial charge < -0.3 is 10.5 Å². The Balaban J connectivity index is 2.55. The molecule has 0 aliphatic rings. The molecule has 0 unspecified atom stereocenters. The van der Waals surface area contributed by atoms with E-state index in [1.165, 1.54) is 0 Å². The minimum absolute atomic E-state index is 0.447. The molecule has 88 valence electrons. The molecule has 16 heavy (non-hydrogen) atoms. The van der Waals surface area contributed by atoms with Gasteiger partial charge in [-0.1, -0.05) is 6.92 Å². The van der Waals surface area contributed by atoms with Gasteiger partial charge >= 0.3 is 6.09 Å². The van der Waals surface area contributed by atoms with Crippen LogP contribution in [0.2, 0.25) is 0 Å². The minimum Gasteiger partial charge on any atom is -0.443 e. The molecule has 0 atom stereocenters. The van der Waals surface area contributed by atoms with Crippen molar-refractivity contribution in [3.63, 3.8) is 0 Å². The molecule has 4 nitrogen and oxygen atoms in total. The fourth-order valence-electron chi connectivity index (χ4n) is 1.03. The Morgan fingerprint density at radius 2 is 1.94 bits per heavy atom. The van der Waals surface area contributed by atoms with E-state index in [1.54, 1.807) is 24.3 Å². The molecule has 0 fully saturated rings. The zero-order valence-electron chi connectivity index (χ0n) is 9.91. The van der Waals surface area contributed by atoms with Gasteiger partial charge in [-0.2, -0.15) is 0 Å². The molecule has 0 spiro atoms. The summed E-state index contributed by atoms with van der Waals surface area (Å²) in [4.78, 5) is 11.5. The Hall–Kier alpha value is -1.71. The zero-order chi connectivity index (χ0) is 12.2. The van der Waals surface area contributed by atoms with Gasteiger partial charge in [0.1, 0.15) is 5.60 Å². The van der Waals surface area contributed by atoms with E-state index in [-0.39, 0.29) is 0 Å². The average molecular weight is 222 g/mol. The number of hydrogen-bond donors (Lipinski definition) is 2. The van der Waals surface area contributed by atoms with Gasteiger partial charge in [0.25, 0.3) is 0 Å². The van der Waals surface area contributed by atoms with Crippen molar-refractivity contribution in [2.75, 3.05) is 11.1 Å². The summed E-state index contributed by atoms with van der Waals surface area (Å²) in [5.41, 5.74) is 6.42. The van der Waals surface area contributed by atoms with Gasteiger partial charge in [-0.3, -0.25) is 5.32 Å². The van der Waals surface area contributed by atoms with Crippen LogP contribution in [0.1, 0.15) is 27.2 Å². The van der Waals surface area contributed by atoms with E-state index in [0.717, 1.165) is 6.42 Å². The molecule has 1 aromatic carbocycles. The Morgan fingerprint density at radius 1 is 1.38 bits per heavy atom. The quantitative estimate of drug-likeness (QED) is 0.773. The highest BCUT2D eigenvalue weighted by Gasteiger charge is 2.20. The smallest absolute Gasteiger partial charge is 0.412 e. The number of carbonyl (C=O) groups is 1. The van der Waals surface area contributed by atoms with Gasteiger partial charge in [-0.15, -0.1) is 0 Å². The monoisotopic (exact) mass is 222 g/mol. The average Bonchev–Trinajstić information content (AvgIpc) is 2.21. The van der Waals surface area contributed by atoms with E-state index in [0.29, 0.717) is 11.4 Å². The third-order valence-electron chi connectivity index (χ3n) is 2.38. The van der Waals surface area contributed by atoms with Crippen LogP contribution >= 0.6 is 0 Å². The van der Waals surface area contributed by atoms with Gasteiger partial charge in [-0.05, 0) is 44.5 Å². The molecule has 0 aromatic heterocycles.